The van der Waals surface area contributed by atoms with Gasteiger partial charge in [-0.05, 0) is 63.3 Å². The number of benzene rings is 8. The Labute approximate surface area is 285 Å². The van der Waals surface area contributed by atoms with Crippen molar-refractivity contribution in [2.24, 2.45) is 0 Å². The fraction of sp³-hybridized carbons (Fsp3) is 0. The zero-order valence-corrected chi connectivity index (χ0v) is 26.7. The number of furan rings is 1. The Morgan fingerprint density at radius 3 is 1.80 bits per heavy atom. The SMILES string of the molecule is c1ccc(-c2nc(-c3ccc4oc5ccccc5c4c3)nc(-n3c4cc5ccccc5cc4c4c5ccccc5c5ccccc5c43)n2)cc1. The molecule has 5 nitrogen and oxygen atoms in total. The van der Waals surface area contributed by atoms with Gasteiger partial charge >= 0.3 is 0 Å². The summed E-state index contributed by atoms with van der Waals surface area (Å²) in [5, 5.41) is 11.6. The Balaban J connectivity index is 1.30. The molecule has 0 aliphatic heterocycles. The standard InChI is InChI=1S/C45H26N4O/c1-2-12-27(13-3-1)43-46-44(30-22-23-40-36(25-30)33-18-10-11-21-39(33)50-40)48-45(47-43)49-38-26-29-15-5-4-14-28(29)24-37(38)41-34-19-8-6-16-31(34)32-17-7-9-20-35(32)42(41)49/h1-26H. The molecule has 5 heteroatoms. The minimum atomic E-state index is 0.571. The van der Waals surface area contributed by atoms with Crippen molar-refractivity contribution in [1.82, 2.24) is 19.5 Å². The van der Waals surface area contributed by atoms with Crippen LogP contribution in [-0.2, 0) is 0 Å². The predicted octanol–water partition coefficient (Wildman–Crippen LogP) is 11.7. The maximum atomic E-state index is 6.17. The van der Waals surface area contributed by atoms with Crippen LogP contribution in [0.4, 0.5) is 0 Å². The number of hydrogen-bond acceptors (Lipinski definition) is 4. The van der Waals surface area contributed by atoms with Gasteiger partial charge < -0.3 is 4.42 Å². The average molecular weight is 639 g/mol. The normalized spacial score (nSPS) is 12.0. The first-order chi connectivity index (χ1) is 24.8. The van der Waals surface area contributed by atoms with Crippen molar-refractivity contribution in [3.8, 4) is 28.7 Å². The molecule has 0 amide bonds. The highest BCUT2D eigenvalue weighted by Crippen LogP contribution is 2.43. The molecule has 0 spiro atoms. The van der Waals surface area contributed by atoms with E-state index in [2.05, 4.69) is 114 Å². The van der Waals surface area contributed by atoms with E-state index in [9.17, 15) is 0 Å². The van der Waals surface area contributed by atoms with Gasteiger partial charge in [0.1, 0.15) is 11.2 Å². The predicted molar refractivity (Wildman–Crippen MR) is 205 cm³/mol. The van der Waals surface area contributed by atoms with Crippen molar-refractivity contribution in [3.63, 3.8) is 0 Å². The highest BCUT2D eigenvalue weighted by atomic mass is 16.3. The topological polar surface area (TPSA) is 56.7 Å². The Morgan fingerprint density at radius 2 is 1.00 bits per heavy atom. The molecule has 0 bridgehead atoms. The summed E-state index contributed by atoms with van der Waals surface area (Å²) in [6.07, 6.45) is 0. The maximum absolute atomic E-state index is 6.17. The molecule has 0 aliphatic carbocycles. The lowest BCUT2D eigenvalue weighted by molar-refractivity contribution is 0.669. The smallest absolute Gasteiger partial charge is 0.238 e. The molecule has 0 atom stereocenters. The van der Waals surface area contributed by atoms with Crippen molar-refractivity contribution in [1.29, 1.82) is 0 Å². The fourth-order valence-electron chi connectivity index (χ4n) is 7.74. The molecule has 0 aliphatic rings. The molecule has 0 radical (unpaired) electrons. The van der Waals surface area contributed by atoms with Gasteiger partial charge in [-0.3, -0.25) is 4.57 Å². The third-order valence-corrected chi connectivity index (χ3v) is 9.99. The first-order valence-corrected chi connectivity index (χ1v) is 16.8. The van der Waals surface area contributed by atoms with E-state index in [1.807, 2.05) is 48.5 Å². The zero-order valence-electron chi connectivity index (χ0n) is 26.7. The van der Waals surface area contributed by atoms with Crippen LogP contribution in [0.5, 0.6) is 0 Å². The van der Waals surface area contributed by atoms with E-state index in [1.54, 1.807) is 0 Å². The summed E-state index contributed by atoms with van der Waals surface area (Å²) >= 11 is 0. The van der Waals surface area contributed by atoms with Gasteiger partial charge in [0.25, 0.3) is 0 Å². The first kappa shape index (κ1) is 27.1. The van der Waals surface area contributed by atoms with Gasteiger partial charge in [-0.25, -0.2) is 4.98 Å². The molecule has 50 heavy (non-hydrogen) atoms. The van der Waals surface area contributed by atoms with Crippen LogP contribution in [0.2, 0.25) is 0 Å². The third-order valence-electron chi connectivity index (χ3n) is 9.99. The van der Waals surface area contributed by atoms with Crippen LogP contribution >= 0.6 is 0 Å². The molecular formula is C45H26N4O. The van der Waals surface area contributed by atoms with Gasteiger partial charge in [0.15, 0.2) is 11.6 Å². The Bertz CT molecular complexity index is 3160. The lowest BCUT2D eigenvalue weighted by Crippen LogP contribution is -2.06. The van der Waals surface area contributed by atoms with E-state index in [0.717, 1.165) is 60.3 Å². The highest BCUT2D eigenvalue weighted by Gasteiger charge is 2.22. The Hall–Kier alpha value is -6.85. The number of para-hydroxylation sites is 1. The number of aromatic nitrogens is 4. The van der Waals surface area contributed by atoms with Crippen LogP contribution in [0.3, 0.4) is 0 Å². The van der Waals surface area contributed by atoms with E-state index >= 15 is 0 Å². The lowest BCUT2D eigenvalue weighted by atomic mass is 9.96. The minimum absolute atomic E-state index is 0.571. The highest BCUT2D eigenvalue weighted by molar-refractivity contribution is 6.32. The summed E-state index contributed by atoms with van der Waals surface area (Å²) in [6, 6.07) is 55.0. The molecule has 232 valence electrons. The Kier molecular flexibility index (Phi) is 5.60. The number of hydrogen-bond donors (Lipinski definition) is 0. The van der Waals surface area contributed by atoms with E-state index < -0.39 is 0 Å². The van der Waals surface area contributed by atoms with Crippen LogP contribution in [0, 0.1) is 0 Å². The summed E-state index contributed by atoms with van der Waals surface area (Å²) in [4.78, 5) is 15.7. The second-order valence-corrected chi connectivity index (χ2v) is 12.8. The van der Waals surface area contributed by atoms with Gasteiger partial charge in [0.2, 0.25) is 5.95 Å². The minimum Gasteiger partial charge on any atom is -0.456 e. The van der Waals surface area contributed by atoms with Gasteiger partial charge in [0, 0.05) is 38.1 Å². The maximum Gasteiger partial charge on any atom is 0.238 e. The van der Waals surface area contributed by atoms with Crippen LogP contribution in [-0.4, -0.2) is 19.5 Å². The third kappa shape index (κ3) is 3.92. The largest absolute Gasteiger partial charge is 0.456 e. The summed E-state index contributed by atoms with van der Waals surface area (Å²) in [5.74, 6) is 1.78. The zero-order chi connectivity index (χ0) is 32.8. The fourth-order valence-corrected chi connectivity index (χ4v) is 7.74. The second-order valence-electron chi connectivity index (χ2n) is 12.8. The molecule has 0 saturated heterocycles. The number of rotatable bonds is 3. The summed E-state index contributed by atoms with van der Waals surface area (Å²) in [7, 11) is 0. The molecule has 3 aromatic heterocycles. The number of fused-ring (bicyclic) bond motifs is 12. The summed E-state index contributed by atoms with van der Waals surface area (Å²) in [5.41, 5.74) is 5.64. The van der Waals surface area contributed by atoms with E-state index in [0.29, 0.717) is 17.6 Å². The van der Waals surface area contributed by atoms with Gasteiger partial charge in [-0.15, -0.1) is 0 Å². The monoisotopic (exact) mass is 638 g/mol. The van der Waals surface area contributed by atoms with Crippen molar-refractivity contribution in [2.75, 3.05) is 0 Å². The quantitative estimate of drug-likeness (QED) is 0.181. The van der Waals surface area contributed by atoms with E-state index in [4.69, 9.17) is 19.4 Å². The van der Waals surface area contributed by atoms with E-state index in [1.165, 1.54) is 26.9 Å². The van der Waals surface area contributed by atoms with Crippen LogP contribution in [0.1, 0.15) is 0 Å². The molecule has 0 saturated carbocycles. The molecule has 0 fully saturated rings. The molecule has 11 rings (SSSR count). The molecule has 8 aromatic carbocycles. The second kappa shape index (κ2) is 10.3. The van der Waals surface area contributed by atoms with Crippen molar-refractivity contribution in [2.45, 2.75) is 0 Å². The van der Waals surface area contributed by atoms with E-state index in [-0.39, 0.29) is 0 Å². The van der Waals surface area contributed by atoms with Crippen molar-refractivity contribution < 1.29 is 4.42 Å². The average Bonchev–Trinajstić information content (AvgIpc) is 3.73. The van der Waals surface area contributed by atoms with Crippen molar-refractivity contribution >= 4 is 76.1 Å². The lowest BCUT2D eigenvalue weighted by Gasteiger charge is -2.13. The van der Waals surface area contributed by atoms with Gasteiger partial charge in [-0.2, -0.15) is 9.97 Å². The Morgan fingerprint density at radius 1 is 0.400 bits per heavy atom. The molecular weight excluding hydrogens is 613 g/mol. The van der Waals surface area contributed by atoms with Crippen LogP contribution in [0.15, 0.2) is 162 Å². The molecule has 3 heterocycles. The summed E-state index contributed by atoms with van der Waals surface area (Å²) in [6.45, 7) is 0. The van der Waals surface area contributed by atoms with Gasteiger partial charge in [-0.1, -0.05) is 121 Å². The number of nitrogens with zero attached hydrogens (tertiary/aromatic N) is 4. The molecule has 0 N–H and O–H groups in total. The summed E-state index contributed by atoms with van der Waals surface area (Å²) < 4.78 is 8.43. The molecule has 0 unspecified atom stereocenters. The van der Waals surface area contributed by atoms with Crippen LogP contribution < -0.4 is 0 Å². The van der Waals surface area contributed by atoms with Crippen molar-refractivity contribution in [3.05, 3.63) is 158 Å². The van der Waals surface area contributed by atoms with Crippen LogP contribution in [0.25, 0.3) is 105 Å². The first-order valence-electron chi connectivity index (χ1n) is 16.8. The molecule has 11 aromatic rings. The van der Waals surface area contributed by atoms with Gasteiger partial charge in [0.05, 0.1) is 11.0 Å².